The summed E-state index contributed by atoms with van der Waals surface area (Å²) in [5.74, 6) is 19.6. The van der Waals surface area contributed by atoms with E-state index in [9.17, 15) is 75.6 Å². The number of hydrogen-bond acceptors (Lipinski definition) is 42. The van der Waals surface area contributed by atoms with Gasteiger partial charge >= 0.3 is 48.3 Å². The molecule has 16 aromatic rings. The number of fused-ring (bicyclic) bond motifs is 4. The molecule has 0 saturated carbocycles. The first-order valence-corrected chi connectivity index (χ1v) is 54.4. The number of rotatable bonds is 22. The summed E-state index contributed by atoms with van der Waals surface area (Å²) < 4.78 is 102. The summed E-state index contributed by atoms with van der Waals surface area (Å²) in [6.45, 7) is 15.6. The van der Waals surface area contributed by atoms with Crippen molar-refractivity contribution in [2.24, 2.45) is 0 Å². The van der Waals surface area contributed by atoms with Gasteiger partial charge in [0.1, 0.15) is 83.7 Å². The summed E-state index contributed by atoms with van der Waals surface area (Å²) in [5.41, 5.74) is 2.52. The number of carbonyl (C=O) groups is 8. The highest BCUT2D eigenvalue weighted by atomic mass is 32.2. The normalized spacial score (nSPS) is 15.3. The summed E-state index contributed by atoms with van der Waals surface area (Å²) >= 11 is 9.42. The van der Waals surface area contributed by atoms with E-state index < -0.39 is 114 Å². The molecule has 44 nitrogen and oxygen atoms in total. The topological polar surface area (TPSA) is 603 Å². The summed E-state index contributed by atoms with van der Waals surface area (Å²) in [5, 5.41) is 67.9. The maximum Gasteiger partial charge on any atom is 0.412 e. The Bertz CT molecular complexity index is 8100. The Morgan fingerprint density at radius 3 is 1.02 bits per heavy atom. The molecule has 4 fully saturated rings. The maximum atomic E-state index is 12.6. The van der Waals surface area contributed by atoms with E-state index in [4.69, 9.17) is 46.5 Å². The molecule has 8 N–H and O–H groups in total. The number of carboxylic acids is 4. The monoisotopic (exact) mass is 2210 g/mol. The molecule has 16 heterocycles. The minimum atomic E-state index is -3.50. The summed E-state index contributed by atoms with van der Waals surface area (Å²) in [7, 11) is -6.99. The van der Waals surface area contributed by atoms with Gasteiger partial charge in [-0.1, -0.05) is 221 Å². The lowest BCUT2D eigenvalue weighted by molar-refractivity contribution is -0.163. The van der Waals surface area contributed by atoms with Crippen molar-refractivity contribution in [2.75, 3.05) is 86.4 Å². The van der Waals surface area contributed by atoms with E-state index >= 15 is 0 Å². The van der Waals surface area contributed by atoms with E-state index in [-0.39, 0.29) is 86.9 Å². The zero-order valence-corrected chi connectivity index (χ0v) is 87.7. The Hall–Kier alpha value is -15.3. The first-order valence-electron chi connectivity index (χ1n) is 44.2. The molecule has 4 saturated heterocycles. The third-order valence-corrected chi connectivity index (χ3v) is 34.4. The van der Waals surface area contributed by atoms with Crippen LogP contribution in [0.4, 0.5) is 41.9 Å². The van der Waals surface area contributed by atoms with Crippen molar-refractivity contribution in [1.29, 1.82) is 0 Å². The third-order valence-electron chi connectivity index (χ3n) is 23.4. The van der Waals surface area contributed by atoms with Crippen molar-refractivity contribution >= 4 is 220 Å². The highest BCUT2D eigenvalue weighted by molar-refractivity contribution is 7.88. The van der Waals surface area contributed by atoms with Gasteiger partial charge in [0.15, 0.2) is 92.4 Å². The third kappa shape index (κ3) is 22.8. The molecular weight excluding hydrogens is 2130 g/mol. The van der Waals surface area contributed by atoms with E-state index in [0.29, 0.717) is 107 Å². The smallest absolute Gasteiger partial charge is 0.412 e. The molecule has 4 aromatic carbocycles. The molecule has 4 aliphatic heterocycles. The second kappa shape index (κ2) is 43.3. The van der Waals surface area contributed by atoms with Gasteiger partial charge in [-0.25, -0.2) is 75.9 Å². The van der Waals surface area contributed by atoms with E-state index in [0.717, 1.165) is 99.8 Å². The van der Waals surface area contributed by atoms with Crippen LogP contribution in [0.25, 0.3) is 38.6 Å². The van der Waals surface area contributed by atoms with Gasteiger partial charge in [0.25, 0.3) is 0 Å². The van der Waals surface area contributed by atoms with E-state index in [1.54, 1.807) is 48.5 Å². The minimum absolute atomic E-state index is 0.0999. The summed E-state index contributed by atoms with van der Waals surface area (Å²) in [4.78, 5) is 137. The molecule has 20 rings (SSSR count). The van der Waals surface area contributed by atoms with Crippen molar-refractivity contribution in [3.63, 3.8) is 0 Å². The number of benzene rings is 4. The average Bonchev–Trinajstić information content (AvgIpc) is 1.44. The predicted octanol–water partition coefficient (Wildman–Crippen LogP) is 15.2. The number of carboxylic acid groups (broad SMARTS) is 4. The van der Waals surface area contributed by atoms with Gasteiger partial charge < -0.3 is 66.9 Å². The van der Waals surface area contributed by atoms with Crippen LogP contribution in [0.3, 0.4) is 0 Å². The SMILES string of the molecule is Cc1ccccc1C(C)OC(=O)Nc1c(C#Cc2nc3sc(C4(C(=O)O)CN(S(C)(=O)=O)C4)nc3s2)noc1C.Cc1ccccc1C(C)OC(=O)Nc1cnoc1C#Cc1nc2sc(C3(C(=O)O)CN(S(C)(=O)=O)C3)nc2s1.Cc1noc(C#Cc2nc3sc(C4(C(=O)O)COC4)nc3s2)c1NC(=O)OC(C)c1ccccc1.Cc1onc(C#Cc2nc3sc(C4(C(=O)O)COC4)nc3s2)c1NC(=O)OC(C)c1ccccc1. The number of nitrogens with zero attached hydrogens (tertiary/aromatic N) is 14. The zero-order valence-electron chi connectivity index (χ0n) is 79.5. The van der Waals surface area contributed by atoms with Crippen LogP contribution in [-0.4, -0.2) is 220 Å². The van der Waals surface area contributed by atoms with Crippen molar-refractivity contribution in [2.45, 2.75) is 108 Å². The number of nitrogens with one attached hydrogen (secondary N) is 4. The lowest BCUT2D eigenvalue weighted by Crippen LogP contribution is -2.64. The van der Waals surface area contributed by atoms with Gasteiger partial charge in [-0.05, 0) is 143 Å². The average molecular weight is 2210 g/mol. The summed E-state index contributed by atoms with van der Waals surface area (Å²) in [6, 6.07) is 34.0. The van der Waals surface area contributed by atoms with Crippen LogP contribution in [-0.2, 0) is 89.3 Å². The quantitative estimate of drug-likeness (QED) is 0.0231. The fourth-order valence-electron chi connectivity index (χ4n) is 14.8. The maximum absolute atomic E-state index is 12.6. The molecule has 4 aliphatic rings. The number of hydrogen-bond donors (Lipinski definition) is 8. The molecule has 12 aromatic heterocycles. The molecule has 54 heteroatoms. The van der Waals surface area contributed by atoms with Crippen molar-refractivity contribution in [3.05, 3.63) is 229 Å². The number of aliphatic carboxylic acids is 4. The van der Waals surface area contributed by atoms with Gasteiger partial charge in [0.2, 0.25) is 31.6 Å². The molecule has 4 amide bonds. The minimum Gasteiger partial charge on any atom is -0.480 e. The Kier molecular flexibility index (Phi) is 30.5. The molecular formula is C95H80N18O26S10. The van der Waals surface area contributed by atoms with Crippen LogP contribution in [0.5, 0.6) is 0 Å². The Morgan fingerprint density at radius 1 is 0.369 bits per heavy atom. The number of amides is 4. The predicted molar refractivity (Wildman–Crippen MR) is 546 cm³/mol. The molecule has 0 bridgehead atoms. The molecule has 149 heavy (non-hydrogen) atoms. The van der Waals surface area contributed by atoms with E-state index in [2.05, 4.69) is 129 Å². The second-order valence-electron chi connectivity index (χ2n) is 33.9. The number of ether oxygens (including phenoxy) is 6. The van der Waals surface area contributed by atoms with Crippen LogP contribution < -0.4 is 21.3 Å². The molecule has 0 spiro atoms. The van der Waals surface area contributed by atoms with Gasteiger partial charge in [-0.3, -0.25) is 40.4 Å². The standard InChI is InChI=1S/C25H23N5O7S3.C24H21N5O7S3.2C23H18N4O6S2/c1-13-7-5-6-8-16(13)14(2)36-24(33)27-19-15(3)37-29-17(19)9-10-18-26-20-21(38-18)28-22(39-20)25(23(31)32)11-30(12-25)40(4,34)35;1-13-6-4-5-7-15(13)14(2)35-23(32)26-16-10-25-36-17(16)8-9-18-27-19-20(37-18)28-21(38-19)24(22(30)31)11-29(12-24)39(3,33)34;1-12-17(25-22(30)32-13(2)14-6-4-3-5-7-14)15(33-27-12)8-9-16-24-18-19(34-16)26-20(35-18)23(21(28)29)10-31-11-23;1-12(14-6-4-3-5-7-14)32-22(30)25-17-13(2)33-27-15(17)8-9-16-24-18-19(34-16)26-20(35-18)23(21(28)29)10-31-11-23/h5-8,14H,11-12H2,1-4H3,(H,27,33)(H,31,32);4-7,10,14H,11-12H2,1-3H3,(H,26,32)(H,30,31);3-7,13H,10-11H2,1-2H3,(H,25,30)(H,28,29);3-7,12H,10-11H2,1-2H3,(H,25,30)(H,28,29). The second-order valence-corrected chi connectivity index (χ2v) is 45.7. The lowest BCUT2D eigenvalue weighted by Gasteiger charge is -2.43. The fraction of sp³-hybridized carbons (Fsp3) is 0.284. The molecule has 0 radical (unpaired) electrons. The van der Waals surface area contributed by atoms with E-state index in [1.807, 2.05) is 123 Å². The number of aryl methyl sites for hydroxylation is 5. The van der Waals surface area contributed by atoms with Crippen LogP contribution >= 0.6 is 90.7 Å². The Labute approximate surface area is 876 Å². The van der Waals surface area contributed by atoms with Crippen molar-refractivity contribution in [1.82, 2.24) is 69.1 Å². The van der Waals surface area contributed by atoms with Gasteiger partial charge in [-0.15, -0.1) is 0 Å². The molecule has 0 aliphatic carbocycles. The molecule has 4 atom stereocenters. The lowest BCUT2D eigenvalue weighted by atomic mass is 9.82. The molecule has 4 unspecified atom stereocenters. The fourth-order valence-corrected chi connectivity index (χ4v) is 24.9. The largest absolute Gasteiger partial charge is 0.480 e. The van der Waals surface area contributed by atoms with E-state index in [1.165, 1.54) is 51.5 Å². The summed E-state index contributed by atoms with van der Waals surface area (Å²) in [6.07, 6.45) is -1.16. The highest BCUT2D eigenvalue weighted by Crippen LogP contribution is 2.46. The highest BCUT2D eigenvalue weighted by Gasteiger charge is 2.58. The van der Waals surface area contributed by atoms with Gasteiger partial charge in [0.05, 0.1) is 45.1 Å². The molecule has 766 valence electrons. The first kappa shape index (κ1) is 105. The van der Waals surface area contributed by atoms with Crippen molar-refractivity contribution < 1.29 is 122 Å². The Morgan fingerprint density at radius 2 is 0.685 bits per heavy atom. The number of anilines is 4. The van der Waals surface area contributed by atoms with Crippen LogP contribution in [0, 0.1) is 82.0 Å². The Balaban J connectivity index is 0.000000136. The number of carbonyl (C=O) groups excluding carboxylic acids is 4. The number of aromatic nitrogens is 12. The van der Waals surface area contributed by atoms with Crippen LogP contribution in [0.2, 0.25) is 0 Å². The van der Waals surface area contributed by atoms with Crippen LogP contribution in [0.1, 0.15) is 166 Å². The van der Waals surface area contributed by atoms with Crippen LogP contribution in [0.15, 0.2) is 133 Å². The first-order chi connectivity index (χ1) is 71.0. The van der Waals surface area contributed by atoms with Crippen molar-refractivity contribution in [3.8, 4) is 47.4 Å². The number of sulfonamides is 2. The number of thiazole rings is 8. The van der Waals surface area contributed by atoms with Gasteiger partial charge in [-0.2, -0.15) is 8.61 Å². The zero-order chi connectivity index (χ0) is 106. The van der Waals surface area contributed by atoms with Gasteiger partial charge in [0, 0.05) is 26.2 Å².